The molecule has 0 spiro atoms. The molecular formula is C10H15N3O2. The lowest BCUT2D eigenvalue weighted by molar-refractivity contribution is -0.139. The molecule has 0 aromatic heterocycles. The largest absolute Gasteiger partial charge is 0.369 e. The predicted octanol–water partition coefficient (Wildman–Crippen LogP) is 0.218. The van der Waals surface area contributed by atoms with E-state index in [0.29, 0.717) is 12.8 Å². The average molecular weight is 209 g/mol. The van der Waals surface area contributed by atoms with E-state index in [4.69, 9.17) is 11.0 Å². The normalized spacial score (nSPS) is 25.3. The molecule has 0 bridgehead atoms. The van der Waals surface area contributed by atoms with Crippen molar-refractivity contribution in [3.63, 3.8) is 0 Å². The van der Waals surface area contributed by atoms with Gasteiger partial charge in [-0.1, -0.05) is 12.8 Å². The Labute approximate surface area is 88.8 Å². The molecule has 0 heterocycles. The lowest BCUT2D eigenvalue weighted by atomic mass is 9.78. The molecule has 2 amide bonds. The van der Waals surface area contributed by atoms with Crippen LogP contribution in [0.4, 0.5) is 0 Å². The number of nitrogens with zero attached hydrogens (tertiary/aromatic N) is 2. The van der Waals surface area contributed by atoms with E-state index in [1.807, 2.05) is 0 Å². The lowest BCUT2D eigenvalue weighted by Crippen LogP contribution is -2.41. The highest BCUT2D eigenvalue weighted by Gasteiger charge is 2.35. The number of rotatable bonds is 2. The van der Waals surface area contributed by atoms with Crippen molar-refractivity contribution in [1.82, 2.24) is 4.90 Å². The molecule has 2 atom stereocenters. The highest BCUT2D eigenvalue weighted by Crippen LogP contribution is 2.30. The van der Waals surface area contributed by atoms with Crippen molar-refractivity contribution in [2.75, 3.05) is 7.05 Å². The first-order valence-electron chi connectivity index (χ1n) is 5.04. The van der Waals surface area contributed by atoms with Gasteiger partial charge in [0.05, 0.1) is 5.92 Å². The van der Waals surface area contributed by atoms with Gasteiger partial charge >= 0.3 is 0 Å². The summed E-state index contributed by atoms with van der Waals surface area (Å²) < 4.78 is 0. The summed E-state index contributed by atoms with van der Waals surface area (Å²) in [4.78, 5) is 23.9. The van der Waals surface area contributed by atoms with E-state index in [2.05, 4.69) is 0 Å². The Balaban J connectivity index is 2.77. The molecule has 0 unspecified atom stereocenters. The summed E-state index contributed by atoms with van der Waals surface area (Å²) in [5, 5.41) is 8.60. The quantitative estimate of drug-likeness (QED) is 0.521. The van der Waals surface area contributed by atoms with E-state index in [1.54, 1.807) is 6.19 Å². The molecule has 1 rings (SSSR count). The molecule has 0 aliphatic heterocycles. The third-order valence-electron chi connectivity index (χ3n) is 2.93. The zero-order valence-corrected chi connectivity index (χ0v) is 8.77. The number of carbonyl (C=O) groups is 2. The molecule has 1 aliphatic rings. The fraction of sp³-hybridized carbons (Fsp3) is 0.700. The smallest absolute Gasteiger partial charge is 0.239 e. The molecule has 0 radical (unpaired) electrons. The Bertz CT molecular complexity index is 308. The number of hydrogen-bond donors (Lipinski definition) is 1. The van der Waals surface area contributed by atoms with Crippen LogP contribution in [0.2, 0.25) is 0 Å². The fourth-order valence-corrected chi connectivity index (χ4v) is 2.07. The maximum absolute atomic E-state index is 11.7. The molecule has 1 saturated carbocycles. The van der Waals surface area contributed by atoms with Crippen molar-refractivity contribution < 1.29 is 9.59 Å². The first-order chi connectivity index (χ1) is 7.07. The number of amides is 2. The van der Waals surface area contributed by atoms with E-state index in [1.165, 1.54) is 7.05 Å². The zero-order chi connectivity index (χ0) is 11.4. The Morgan fingerprint density at radius 1 is 1.33 bits per heavy atom. The average Bonchev–Trinajstić information content (AvgIpc) is 2.27. The van der Waals surface area contributed by atoms with Crippen LogP contribution in [-0.2, 0) is 9.59 Å². The Morgan fingerprint density at radius 3 is 2.33 bits per heavy atom. The monoisotopic (exact) mass is 209 g/mol. The van der Waals surface area contributed by atoms with Gasteiger partial charge in [0.25, 0.3) is 0 Å². The highest BCUT2D eigenvalue weighted by atomic mass is 16.2. The third kappa shape index (κ3) is 2.46. The lowest BCUT2D eigenvalue weighted by Gasteiger charge is -2.29. The van der Waals surface area contributed by atoms with Crippen LogP contribution >= 0.6 is 0 Å². The van der Waals surface area contributed by atoms with Gasteiger partial charge in [0, 0.05) is 13.0 Å². The first-order valence-corrected chi connectivity index (χ1v) is 5.04. The van der Waals surface area contributed by atoms with Gasteiger partial charge in [0.2, 0.25) is 11.8 Å². The Hall–Kier alpha value is -1.57. The van der Waals surface area contributed by atoms with Gasteiger partial charge in [-0.3, -0.25) is 14.5 Å². The maximum Gasteiger partial charge on any atom is 0.239 e. The number of primary amides is 1. The summed E-state index contributed by atoms with van der Waals surface area (Å²) >= 11 is 0. The molecular weight excluding hydrogens is 194 g/mol. The maximum atomic E-state index is 11.7. The van der Waals surface area contributed by atoms with Crippen LogP contribution in [0.25, 0.3) is 0 Å². The van der Waals surface area contributed by atoms with E-state index in [9.17, 15) is 9.59 Å². The van der Waals surface area contributed by atoms with E-state index >= 15 is 0 Å². The van der Waals surface area contributed by atoms with E-state index < -0.39 is 17.7 Å². The topological polar surface area (TPSA) is 87.2 Å². The zero-order valence-electron chi connectivity index (χ0n) is 8.77. The standard InChI is InChI=1S/C10H15N3O2/c1-13(6-11)10(15)8-5-3-2-4-7(8)9(12)14/h7-8H,2-5H2,1H3,(H2,12,14)/t7-,8+/m0/s1. The molecule has 1 fully saturated rings. The minimum Gasteiger partial charge on any atom is -0.369 e. The van der Waals surface area contributed by atoms with Crippen LogP contribution in [0.3, 0.4) is 0 Å². The molecule has 1 aliphatic carbocycles. The van der Waals surface area contributed by atoms with E-state index in [0.717, 1.165) is 17.7 Å². The number of nitrogens with two attached hydrogens (primary N) is 1. The van der Waals surface area contributed by atoms with Crippen molar-refractivity contribution in [2.45, 2.75) is 25.7 Å². The Kier molecular flexibility index (Phi) is 3.67. The molecule has 5 heteroatoms. The molecule has 5 nitrogen and oxygen atoms in total. The summed E-state index contributed by atoms with van der Waals surface area (Å²) in [7, 11) is 1.41. The van der Waals surface area contributed by atoms with Crippen molar-refractivity contribution in [2.24, 2.45) is 17.6 Å². The van der Waals surface area contributed by atoms with Gasteiger partial charge in [-0.25, -0.2) is 0 Å². The van der Waals surface area contributed by atoms with Crippen molar-refractivity contribution in [1.29, 1.82) is 5.26 Å². The number of hydrogen-bond acceptors (Lipinski definition) is 3. The molecule has 2 N–H and O–H groups in total. The molecule has 82 valence electrons. The third-order valence-corrected chi connectivity index (χ3v) is 2.93. The van der Waals surface area contributed by atoms with Crippen LogP contribution in [-0.4, -0.2) is 23.8 Å². The van der Waals surface area contributed by atoms with Crippen LogP contribution in [0.15, 0.2) is 0 Å². The van der Waals surface area contributed by atoms with Gasteiger partial charge in [-0.05, 0) is 12.8 Å². The van der Waals surface area contributed by atoms with E-state index in [-0.39, 0.29) is 5.91 Å². The van der Waals surface area contributed by atoms with Crippen LogP contribution in [0, 0.1) is 23.3 Å². The summed E-state index contributed by atoms with van der Waals surface area (Å²) in [5.41, 5.74) is 5.24. The van der Waals surface area contributed by atoms with Gasteiger partial charge in [-0.15, -0.1) is 0 Å². The fourth-order valence-electron chi connectivity index (χ4n) is 2.07. The summed E-state index contributed by atoms with van der Waals surface area (Å²) in [6, 6.07) is 0. The van der Waals surface area contributed by atoms with Gasteiger partial charge < -0.3 is 5.73 Å². The molecule has 15 heavy (non-hydrogen) atoms. The predicted molar refractivity (Wildman–Crippen MR) is 53.0 cm³/mol. The van der Waals surface area contributed by atoms with Crippen molar-refractivity contribution >= 4 is 11.8 Å². The second kappa shape index (κ2) is 4.78. The molecule has 0 aromatic carbocycles. The van der Waals surface area contributed by atoms with Crippen LogP contribution < -0.4 is 5.73 Å². The SMILES string of the molecule is CN(C#N)C(=O)[C@@H]1CCCC[C@@H]1C(N)=O. The minimum atomic E-state index is -0.431. The Morgan fingerprint density at radius 2 is 1.87 bits per heavy atom. The second-order valence-corrected chi connectivity index (χ2v) is 3.90. The number of carbonyl (C=O) groups excluding carboxylic acids is 2. The van der Waals surface area contributed by atoms with Gasteiger partial charge in [-0.2, -0.15) is 5.26 Å². The summed E-state index contributed by atoms with van der Waals surface area (Å²) in [5.74, 6) is -1.52. The number of nitriles is 1. The summed E-state index contributed by atoms with van der Waals surface area (Å²) in [6.45, 7) is 0. The first kappa shape index (κ1) is 11.5. The second-order valence-electron chi connectivity index (χ2n) is 3.90. The highest BCUT2D eigenvalue weighted by molar-refractivity contribution is 5.87. The minimum absolute atomic E-state index is 0.291. The molecule has 0 aromatic rings. The van der Waals surface area contributed by atoms with Gasteiger partial charge in [0.15, 0.2) is 6.19 Å². The van der Waals surface area contributed by atoms with Crippen molar-refractivity contribution in [3.8, 4) is 6.19 Å². The summed E-state index contributed by atoms with van der Waals surface area (Å²) in [6.07, 6.45) is 4.90. The van der Waals surface area contributed by atoms with Crippen molar-refractivity contribution in [3.05, 3.63) is 0 Å². The van der Waals surface area contributed by atoms with Crippen LogP contribution in [0.1, 0.15) is 25.7 Å². The van der Waals surface area contributed by atoms with Crippen LogP contribution in [0.5, 0.6) is 0 Å². The molecule has 0 saturated heterocycles. The van der Waals surface area contributed by atoms with Gasteiger partial charge in [0.1, 0.15) is 0 Å².